The Morgan fingerprint density at radius 2 is 1.14 bits per heavy atom. The molecule has 168 valence electrons. The highest BCUT2D eigenvalue weighted by Crippen LogP contribution is 2.30. The molecule has 0 saturated heterocycles. The fourth-order valence-corrected chi connectivity index (χ4v) is 5.95. The second-order valence-corrected chi connectivity index (χ2v) is 9.38. The zero-order valence-electron chi connectivity index (χ0n) is 18.7. The van der Waals surface area contributed by atoms with Gasteiger partial charge in [-0.1, -0.05) is 36.4 Å². The summed E-state index contributed by atoms with van der Waals surface area (Å²) < 4.78 is 3.15. The molecule has 0 amide bonds. The summed E-state index contributed by atoms with van der Waals surface area (Å²) in [6.07, 6.45) is 8.60. The first-order valence-electron chi connectivity index (χ1n) is 11.4. The second-order valence-electron chi connectivity index (χ2n) is 8.47. The molecule has 0 unspecified atom stereocenters. The molecule has 0 N–H and O–H groups in total. The molecule has 5 heterocycles. The number of thiophene rings is 1. The van der Waals surface area contributed by atoms with E-state index in [1.807, 2.05) is 23.7 Å². The minimum atomic E-state index is 0.642. The van der Waals surface area contributed by atoms with Crippen LogP contribution >= 0.6 is 11.3 Å². The van der Waals surface area contributed by atoms with E-state index in [4.69, 9.17) is 15.0 Å². The number of hydrogen-bond donors (Lipinski definition) is 0. The average molecular weight is 482 g/mol. The lowest BCUT2D eigenvalue weighted by Crippen LogP contribution is -2.03. The van der Waals surface area contributed by atoms with Crippen molar-refractivity contribution in [2.24, 2.45) is 0 Å². The van der Waals surface area contributed by atoms with E-state index in [0.717, 1.165) is 37.3 Å². The summed E-state index contributed by atoms with van der Waals surface area (Å²) in [7, 11) is 0. The average Bonchev–Trinajstić information content (AvgIpc) is 3.55. The van der Waals surface area contributed by atoms with Crippen molar-refractivity contribution in [3.63, 3.8) is 0 Å². The van der Waals surface area contributed by atoms with Gasteiger partial charge in [0.15, 0.2) is 5.82 Å². The second kappa shape index (κ2) is 7.34. The molecule has 1 aliphatic carbocycles. The van der Waals surface area contributed by atoms with E-state index < -0.39 is 0 Å². The van der Waals surface area contributed by atoms with E-state index in [-0.39, 0.29) is 0 Å². The van der Waals surface area contributed by atoms with Crippen molar-refractivity contribution in [3.8, 4) is 5.82 Å². The molecule has 0 saturated carbocycles. The number of hydrogen-bond acceptors (Lipinski definition) is 7. The van der Waals surface area contributed by atoms with E-state index in [0.29, 0.717) is 21.4 Å². The number of nitrogens with zero attached hydrogens (tertiary/aromatic N) is 7. The van der Waals surface area contributed by atoms with E-state index in [1.54, 1.807) is 36.1 Å². The van der Waals surface area contributed by atoms with Crippen LogP contribution in [-0.2, 0) is 0 Å². The molecular weight excluding hydrogens is 466 g/mol. The fraction of sp³-hybridized carbons (Fsp3) is 0. The first-order chi connectivity index (χ1) is 17.9. The normalized spacial score (nSPS) is 15.9. The Kier molecular flexibility index (Phi) is 3.97. The summed E-state index contributed by atoms with van der Waals surface area (Å²) in [6, 6.07) is 18.8. The third kappa shape index (κ3) is 2.61. The van der Waals surface area contributed by atoms with Gasteiger partial charge in [0.1, 0.15) is 26.7 Å². The summed E-state index contributed by atoms with van der Waals surface area (Å²) in [5.41, 5.74) is 2.15. The van der Waals surface area contributed by atoms with Gasteiger partial charge in [0.05, 0.1) is 27.1 Å². The molecule has 0 spiro atoms. The highest BCUT2D eigenvalue weighted by atomic mass is 32.1. The smallest absolute Gasteiger partial charge is 0.157 e. The molecule has 0 aliphatic heterocycles. The Hall–Kier alpha value is -4.82. The third-order valence-corrected chi connectivity index (χ3v) is 7.47. The minimum Gasteiger partial charge on any atom is -0.292 e. The van der Waals surface area contributed by atoms with Crippen molar-refractivity contribution in [1.29, 1.82) is 0 Å². The molecular formula is C28H15N7S. The third-order valence-electron chi connectivity index (χ3n) is 6.55. The van der Waals surface area contributed by atoms with Crippen LogP contribution in [0, 0.1) is 41.8 Å². The monoisotopic (exact) mass is 481 g/mol. The van der Waals surface area contributed by atoms with Crippen LogP contribution in [-0.4, -0.2) is 34.5 Å². The van der Waals surface area contributed by atoms with Crippen LogP contribution in [0.5, 0.6) is 0 Å². The van der Waals surface area contributed by atoms with E-state index in [1.165, 1.54) is 10.8 Å². The van der Waals surface area contributed by atoms with Crippen LogP contribution in [0.25, 0.3) is 27.6 Å². The largest absolute Gasteiger partial charge is 0.292 e. The van der Waals surface area contributed by atoms with Gasteiger partial charge in [0.2, 0.25) is 0 Å². The Morgan fingerprint density at radius 3 is 1.83 bits per heavy atom. The molecule has 0 fully saturated rings. The fourth-order valence-electron chi connectivity index (χ4n) is 5.06. The van der Waals surface area contributed by atoms with Crippen molar-refractivity contribution >= 4 is 33.1 Å². The summed E-state index contributed by atoms with van der Waals surface area (Å²) in [5.74, 6) is 0.723. The lowest BCUT2D eigenvalue weighted by atomic mass is 10.2. The van der Waals surface area contributed by atoms with Gasteiger partial charge in [-0.15, -0.1) is 11.3 Å². The van der Waals surface area contributed by atoms with Crippen LogP contribution in [0.15, 0.2) is 91.0 Å². The minimum absolute atomic E-state index is 0.642. The highest BCUT2D eigenvalue weighted by molar-refractivity contribution is 7.08. The Balaban J connectivity index is 1.68. The van der Waals surface area contributed by atoms with Gasteiger partial charge < -0.3 is 0 Å². The maximum absolute atomic E-state index is 5.21. The molecule has 0 bridgehead atoms. The molecule has 8 rings (SSSR count). The Labute approximate surface area is 206 Å². The number of benzene rings is 2. The van der Waals surface area contributed by atoms with Gasteiger partial charge in [-0.05, 0) is 23.6 Å². The topological polar surface area (TPSA) is 82.3 Å². The summed E-state index contributed by atoms with van der Waals surface area (Å²) in [6.45, 7) is 0. The molecule has 2 aromatic carbocycles. The van der Waals surface area contributed by atoms with Gasteiger partial charge in [-0.2, -0.15) is 0 Å². The Morgan fingerprint density at radius 1 is 0.556 bits per heavy atom. The maximum atomic E-state index is 5.21. The van der Waals surface area contributed by atoms with Gasteiger partial charge in [0, 0.05) is 40.8 Å². The molecule has 7 nitrogen and oxygen atoms in total. The van der Waals surface area contributed by atoms with Crippen molar-refractivity contribution < 1.29 is 0 Å². The van der Waals surface area contributed by atoms with Crippen molar-refractivity contribution in [2.75, 3.05) is 0 Å². The zero-order chi connectivity index (χ0) is 23.6. The predicted octanol–water partition coefficient (Wildman–Crippen LogP) is 4.68. The van der Waals surface area contributed by atoms with Crippen molar-refractivity contribution in [2.45, 2.75) is 0 Å². The first kappa shape index (κ1) is 19.5. The van der Waals surface area contributed by atoms with E-state index >= 15 is 0 Å². The van der Waals surface area contributed by atoms with Crippen LogP contribution in [0.2, 0.25) is 0 Å². The van der Waals surface area contributed by atoms with Gasteiger partial charge in [-0.25, -0.2) is 9.97 Å². The van der Waals surface area contributed by atoms with Crippen molar-refractivity contribution in [3.05, 3.63) is 133 Å². The number of aromatic nitrogens is 7. The molecule has 0 atom stereocenters. The van der Waals surface area contributed by atoms with Gasteiger partial charge >= 0.3 is 0 Å². The summed E-state index contributed by atoms with van der Waals surface area (Å²) in [5, 5.41) is 9.56. The maximum Gasteiger partial charge on any atom is 0.157 e. The van der Waals surface area contributed by atoms with Crippen molar-refractivity contribution in [1.82, 2.24) is 34.5 Å². The van der Waals surface area contributed by atoms with Crippen LogP contribution in [0.1, 0.15) is 0 Å². The molecule has 5 aromatic heterocycles. The molecule has 1 aliphatic rings. The summed E-state index contributed by atoms with van der Waals surface area (Å²) in [4.78, 5) is 28.9. The van der Waals surface area contributed by atoms with Gasteiger partial charge in [-0.3, -0.25) is 24.5 Å². The number of fused-ring (bicyclic) bond motifs is 7. The van der Waals surface area contributed by atoms with E-state index in [2.05, 4.69) is 62.0 Å². The number of para-hydroxylation sites is 2. The van der Waals surface area contributed by atoms with Gasteiger partial charge in [0.25, 0.3) is 0 Å². The zero-order valence-corrected chi connectivity index (χ0v) is 19.5. The van der Waals surface area contributed by atoms with Crippen LogP contribution < -0.4 is 0 Å². The SMILES string of the molecule is c1ccc2c(c1)c1ccccc1n2-c1cnc2/c(n1)=c1/nccn/c1=c1\nccn\c1=c1/ccs/c1=2. The lowest BCUT2D eigenvalue weighted by molar-refractivity contribution is 0.947. The molecule has 8 heteroatoms. The predicted molar refractivity (Wildman–Crippen MR) is 135 cm³/mol. The van der Waals surface area contributed by atoms with E-state index in [9.17, 15) is 0 Å². The quantitative estimate of drug-likeness (QED) is 0.339. The molecule has 0 radical (unpaired) electrons. The lowest BCUT2D eigenvalue weighted by Gasteiger charge is -2.06. The standard InChI is InChI=1S/C28H15N7S/c1-3-7-19-16(5-1)17-6-2-4-8-20(17)35(19)21-15-33-27-26(34-21)25-24(31-12-13-32-25)23-22(29-10-11-30-23)18-9-14-36-28(18)27/h1-15H/b22-18+,24-23-,26-25-,28-27-. The van der Waals surface area contributed by atoms with Crippen LogP contribution in [0.4, 0.5) is 0 Å². The number of rotatable bonds is 1. The Bertz CT molecular complexity index is 2340. The molecule has 36 heavy (non-hydrogen) atoms. The van der Waals surface area contributed by atoms with Crippen LogP contribution in [0.3, 0.4) is 0 Å². The summed E-state index contributed by atoms with van der Waals surface area (Å²) >= 11 is 1.61. The highest BCUT2D eigenvalue weighted by Gasteiger charge is 2.14. The first-order valence-corrected chi connectivity index (χ1v) is 12.3. The molecule has 7 aromatic rings.